The van der Waals surface area contributed by atoms with E-state index in [1.54, 1.807) is 12.4 Å². The fourth-order valence-corrected chi connectivity index (χ4v) is 3.63. The van der Waals surface area contributed by atoms with Crippen LogP contribution in [-0.4, -0.2) is 45.4 Å². The number of nitrogens with one attached hydrogen (secondary N) is 1. The zero-order chi connectivity index (χ0) is 20.2. The van der Waals surface area contributed by atoms with Gasteiger partial charge in [0.1, 0.15) is 11.9 Å². The summed E-state index contributed by atoms with van der Waals surface area (Å²) in [6.45, 7) is 1.85. The molecule has 2 N–H and O–H groups in total. The van der Waals surface area contributed by atoms with Crippen LogP contribution in [0.4, 0.5) is 16.6 Å². The molecule has 0 aliphatic carbocycles. The van der Waals surface area contributed by atoms with Crippen molar-refractivity contribution in [3.05, 3.63) is 53.3 Å². The van der Waals surface area contributed by atoms with Gasteiger partial charge in [0.2, 0.25) is 5.95 Å². The lowest BCUT2D eigenvalue weighted by Crippen LogP contribution is -2.38. The van der Waals surface area contributed by atoms with E-state index < -0.39 is 6.16 Å². The van der Waals surface area contributed by atoms with Gasteiger partial charge in [0.25, 0.3) is 0 Å². The van der Waals surface area contributed by atoms with Gasteiger partial charge >= 0.3 is 6.16 Å². The molecular formula is C20H20ClN5O3. The third-order valence-corrected chi connectivity index (χ3v) is 5.26. The number of halogens is 1. The molecule has 1 aromatic carbocycles. The van der Waals surface area contributed by atoms with Crippen molar-refractivity contribution in [3.8, 4) is 0 Å². The average molecular weight is 414 g/mol. The van der Waals surface area contributed by atoms with E-state index in [4.69, 9.17) is 21.4 Å². The fraction of sp³-hybridized carbons (Fsp3) is 0.300. The first-order valence-electron chi connectivity index (χ1n) is 9.34. The number of benzene rings is 1. The molecule has 0 saturated carbocycles. The van der Waals surface area contributed by atoms with Gasteiger partial charge in [-0.15, -0.1) is 0 Å². The van der Waals surface area contributed by atoms with Gasteiger partial charge in [0.05, 0.1) is 10.9 Å². The number of pyridine rings is 1. The van der Waals surface area contributed by atoms with Crippen LogP contribution in [0.2, 0.25) is 5.02 Å². The number of rotatable bonds is 5. The fourth-order valence-electron chi connectivity index (χ4n) is 3.42. The number of hydrogen-bond acceptors (Lipinski definition) is 7. The molecule has 2 aromatic heterocycles. The Labute approximate surface area is 172 Å². The van der Waals surface area contributed by atoms with Crippen molar-refractivity contribution in [1.29, 1.82) is 0 Å². The van der Waals surface area contributed by atoms with E-state index in [-0.39, 0.29) is 6.10 Å². The number of anilines is 2. The van der Waals surface area contributed by atoms with Crippen molar-refractivity contribution in [2.24, 2.45) is 0 Å². The molecule has 3 aromatic rings. The summed E-state index contributed by atoms with van der Waals surface area (Å²) in [6, 6.07) is 9.48. The van der Waals surface area contributed by atoms with Crippen molar-refractivity contribution < 1.29 is 14.6 Å². The zero-order valence-corrected chi connectivity index (χ0v) is 16.3. The number of carboxylic acid groups (broad SMARTS) is 1. The van der Waals surface area contributed by atoms with Crippen LogP contribution in [0.15, 0.2) is 42.7 Å². The van der Waals surface area contributed by atoms with Gasteiger partial charge in [0.15, 0.2) is 0 Å². The normalized spacial score (nSPS) is 14.7. The van der Waals surface area contributed by atoms with E-state index in [1.165, 1.54) is 0 Å². The number of carbonyl (C=O) groups is 1. The molecule has 1 saturated heterocycles. The number of piperidine rings is 1. The quantitative estimate of drug-likeness (QED) is 0.606. The van der Waals surface area contributed by atoms with Crippen LogP contribution in [0.5, 0.6) is 0 Å². The molecule has 0 atom stereocenters. The Morgan fingerprint density at radius 3 is 2.79 bits per heavy atom. The van der Waals surface area contributed by atoms with Crippen LogP contribution in [-0.2, 0) is 11.3 Å². The molecule has 9 heteroatoms. The summed E-state index contributed by atoms with van der Waals surface area (Å²) >= 11 is 6.19. The molecule has 0 amide bonds. The average Bonchev–Trinajstić information content (AvgIpc) is 2.73. The minimum atomic E-state index is -1.23. The van der Waals surface area contributed by atoms with Crippen molar-refractivity contribution in [2.45, 2.75) is 25.5 Å². The van der Waals surface area contributed by atoms with Gasteiger partial charge in [-0.3, -0.25) is 0 Å². The SMILES string of the molecule is O=C(O)OC1CCN(c2nccc3nc(NCc4ccccc4Cl)ncc23)CC1. The summed E-state index contributed by atoms with van der Waals surface area (Å²) in [5, 5.41) is 13.5. The second kappa shape index (κ2) is 8.48. The highest BCUT2D eigenvalue weighted by Crippen LogP contribution is 2.27. The van der Waals surface area contributed by atoms with Crippen LogP contribution in [0.3, 0.4) is 0 Å². The summed E-state index contributed by atoms with van der Waals surface area (Å²) in [6.07, 6.45) is 3.25. The Morgan fingerprint density at radius 1 is 1.24 bits per heavy atom. The van der Waals surface area contributed by atoms with Gasteiger partial charge in [-0.25, -0.2) is 19.7 Å². The molecule has 29 heavy (non-hydrogen) atoms. The van der Waals surface area contributed by atoms with E-state index >= 15 is 0 Å². The molecule has 0 spiro atoms. The molecule has 1 aliphatic rings. The summed E-state index contributed by atoms with van der Waals surface area (Å²) in [5.74, 6) is 1.32. The lowest BCUT2D eigenvalue weighted by atomic mass is 10.1. The first-order chi connectivity index (χ1) is 14.1. The minimum Gasteiger partial charge on any atom is -0.450 e. The number of fused-ring (bicyclic) bond motifs is 1. The first kappa shape index (κ1) is 19.2. The monoisotopic (exact) mass is 413 g/mol. The summed E-state index contributed by atoms with van der Waals surface area (Å²) in [4.78, 5) is 26.4. The maximum absolute atomic E-state index is 10.7. The molecule has 1 fully saturated rings. The molecule has 1 aliphatic heterocycles. The standard InChI is InChI=1S/C20H20ClN5O3/c21-16-4-2-1-3-13(16)11-23-19-24-12-15-17(25-19)5-8-22-18(15)26-9-6-14(7-10-26)29-20(27)28/h1-5,8,12,14H,6-7,9-11H2,(H,27,28)(H,23,24,25). The molecule has 4 rings (SSSR count). The maximum Gasteiger partial charge on any atom is 0.506 e. The summed E-state index contributed by atoms with van der Waals surface area (Å²) < 4.78 is 4.88. The van der Waals surface area contributed by atoms with Crippen molar-refractivity contribution in [3.63, 3.8) is 0 Å². The lowest BCUT2D eigenvalue weighted by molar-refractivity contribution is 0.0416. The van der Waals surface area contributed by atoms with Gasteiger partial charge < -0.3 is 20.1 Å². The van der Waals surface area contributed by atoms with Gasteiger partial charge in [0, 0.05) is 49.9 Å². The van der Waals surface area contributed by atoms with E-state index in [0.29, 0.717) is 43.4 Å². The Balaban J connectivity index is 1.48. The van der Waals surface area contributed by atoms with Gasteiger partial charge in [-0.1, -0.05) is 29.8 Å². The molecule has 0 unspecified atom stereocenters. The van der Waals surface area contributed by atoms with Crippen LogP contribution in [0.25, 0.3) is 10.9 Å². The second-order valence-electron chi connectivity index (χ2n) is 6.78. The van der Waals surface area contributed by atoms with E-state index in [0.717, 1.165) is 22.3 Å². The molecular weight excluding hydrogens is 394 g/mol. The van der Waals surface area contributed by atoms with E-state index in [9.17, 15) is 4.79 Å². The molecule has 8 nitrogen and oxygen atoms in total. The highest BCUT2D eigenvalue weighted by molar-refractivity contribution is 6.31. The largest absolute Gasteiger partial charge is 0.506 e. The lowest BCUT2D eigenvalue weighted by Gasteiger charge is -2.32. The zero-order valence-electron chi connectivity index (χ0n) is 15.6. The van der Waals surface area contributed by atoms with Crippen molar-refractivity contribution in [2.75, 3.05) is 23.3 Å². The van der Waals surface area contributed by atoms with Crippen molar-refractivity contribution in [1.82, 2.24) is 15.0 Å². The Kier molecular flexibility index (Phi) is 5.62. The first-order valence-corrected chi connectivity index (χ1v) is 9.71. The smallest absolute Gasteiger partial charge is 0.450 e. The van der Waals surface area contributed by atoms with Crippen LogP contribution >= 0.6 is 11.6 Å². The van der Waals surface area contributed by atoms with Crippen LogP contribution in [0.1, 0.15) is 18.4 Å². The molecule has 3 heterocycles. The molecule has 0 bridgehead atoms. The highest BCUT2D eigenvalue weighted by atomic mass is 35.5. The van der Waals surface area contributed by atoms with E-state index in [1.807, 2.05) is 30.3 Å². The second-order valence-corrected chi connectivity index (χ2v) is 7.18. The minimum absolute atomic E-state index is 0.268. The van der Waals surface area contributed by atoms with Crippen molar-refractivity contribution >= 4 is 40.4 Å². The number of hydrogen-bond donors (Lipinski definition) is 2. The summed E-state index contributed by atoms with van der Waals surface area (Å²) in [7, 11) is 0. The molecule has 0 radical (unpaired) electrons. The Morgan fingerprint density at radius 2 is 2.03 bits per heavy atom. The molecule has 150 valence electrons. The highest BCUT2D eigenvalue weighted by Gasteiger charge is 2.24. The third-order valence-electron chi connectivity index (χ3n) is 4.89. The topological polar surface area (TPSA) is 100 Å². The number of aromatic nitrogens is 3. The number of ether oxygens (including phenoxy) is 1. The maximum atomic E-state index is 10.7. The predicted octanol–water partition coefficient (Wildman–Crippen LogP) is 3.95. The van der Waals surface area contributed by atoms with E-state index in [2.05, 4.69) is 25.2 Å². The van der Waals surface area contributed by atoms with Gasteiger partial charge in [-0.2, -0.15) is 0 Å². The predicted molar refractivity (Wildman–Crippen MR) is 110 cm³/mol. The summed E-state index contributed by atoms with van der Waals surface area (Å²) in [5.41, 5.74) is 1.76. The van der Waals surface area contributed by atoms with Crippen LogP contribution in [0, 0.1) is 0 Å². The third kappa shape index (κ3) is 4.48. The van der Waals surface area contributed by atoms with Crippen LogP contribution < -0.4 is 10.2 Å². The Bertz CT molecular complexity index is 1020. The van der Waals surface area contributed by atoms with Gasteiger partial charge in [-0.05, 0) is 17.7 Å². The number of nitrogens with zero attached hydrogens (tertiary/aromatic N) is 4. The Hall–Kier alpha value is -3.13.